The number of hydrogen-bond acceptors (Lipinski definition) is 5. The van der Waals surface area contributed by atoms with Crippen LogP contribution in [0.5, 0.6) is 0 Å². The smallest absolute Gasteiger partial charge is 0.290 e. The molecule has 0 aromatic carbocycles. The van der Waals surface area contributed by atoms with Crippen LogP contribution in [0.4, 0.5) is 0 Å². The molecule has 6 nitrogen and oxygen atoms in total. The first-order valence-corrected chi connectivity index (χ1v) is 3.33. The molecule has 0 aliphatic carbocycles. The quantitative estimate of drug-likeness (QED) is 0.268. The Morgan fingerprint density at radius 1 is 1.23 bits per heavy atom. The summed E-state index contributed by atoms with van der Waals surface area (Å²) in [6, 6.07) is 0. The largest absolute Gasteiger partial charge is 0.483 e. The topological polar surface area (TPSA) is 118 Å². The third-order valence-corrected chi connectivity index (χ3v) is 0.551. The number of aliphatic hydroxyl groups excluding tert-OH is 4. The highest BCUT2D eigenvalue weighted by Crippen LogP contribution is 1.71. The van der Waals surface area contributed by atoms with Gasteiger partial charge in [0.1, 0.15) is 6.10 Å². The standard InChI is InChI=1S/C3H8O3.C3H6O.CH2O2/c4-1-3(6)2-5;1-2-3-4;2-1-3/h3-6H,1-2H2;2,4H,1,3H2;1H,(H,2,3). The minimum atomic E-state index is -0.954. The predicted molar refractivity (Wildman–Crippen MR) is 46.2 cm³/mol. The Morgan fingerprint density at radius 2 is 1.46 bits per heavy atom. The Hall–Kier alpha value is -0.950. The van der Waals surface area contributed by atoms with Gasteiger partial charge in [-0.2, -0.15) is 0 Å². The first kappa shape index (κ1) is 18.0. The van der Waals surface area contributed by atoms with E-state index in [2.05, 4.69) is 6.58 Å². The Kier molecular flexibility index (Phi) is 31.0. The summed E-state index contributed by atoms with van der Waals surface area (Å²) in [4.78, 5) is 8.36. The summed E-state index contributed by atoms with van der Waals surface area (Å²) in [5.41, 5.74) is 0. The highest BCUT2D eigenvalue weighted by atomic mass is 16.3. The Labute approximate surface area is 76.4 Å². The van der Waals surface area contributed by atoms with Crippen LogP contribution in [-0.2, 0) is 4.79 Å². The number of hydrogen-bond donors (Lipinski definition) is 5. The molecule has 0 aliphatic rings. The molecule has 0 atom stereocenters. The molecular weight excluding hydrogens is 180 g/mol. The average Bonchev–Trinajstić information content (AvgIpc) is 2.18. The predicted octanol–water partition coefficient (Wildman–Crippen LogP) is -1.80. The summed E-state index contributed by atoms with van der Waals surface area (Å²) < 4.78 is 0. The van der Waals surface area contributed by atoms with Crippen LogP contribution in [0.15, 0.2) is 12.7 Å². The van der Waals surface area contributed by atoms with Gasteiger partial charge in [-0.1, -0.05) is 6.08 Å². The van der Waals surface area contributed by atoms with Crippen molar-refractivity contribution in [1.29, 1.82) is 0 Å². The molecule has 0 amide bonds. The zero-order valence-corrected chi connectivity index (χ0v) is 7.20. The maximum Gasteiger partial charge on any atom is 0.290 e. The van der Waals surface area contributed by atoms with Crippen molar-refractivity contribution in [3.63, 3.8) is 0 Å². The van der Waals surface area contributed by atoms with Crippen LogP contribution >= 0.6 is 0 Å². The average molecular weight is 196 g/mol. The van der Waals surface area contributed by atoms with Gasteiger partial charge in [0.25, 0.3) is 6.47 Å². The second kappa shape index (κ2) is 22.5. The Morgan fingerprint density at radius 3 is 1.46 bits per heavy atom. The van der Waals surface area contributed by atoms with Crippen LogP contribution in [0, 0.1) is 0 Å². The molecule has 13 heavy (non-hydrogen) atoms. The van der Waals surface area contributed by atoms with Crippen LogP contribution in [0.25, 0.3) is 0 Å². The summed E-state index contributed by atoms with van der Waals surface area (Å²) in [5, 5.41) is 38.7. The molecule has 0 saturated carbocycles. The van der Waals surface area contributed by atoms with Crippen molar-refractivity contribution in [2.45, 2.75) is 6.10 Å². The van der Waals surface area contributed by atoms with Gasteiger partial charge in [0.05, 0.1) is 19.8 Å². The van der Waals surface area contributed by atoms with Gasteiger partial charge in [-0.25, -0.2) is 0 Å². The molecule has 0 saturated heterocycles. The van der Waals surface area contributed by atoms with Crippen molar-refractivity contribution in [1.82, 2.24) is 0 Å². The highest BCUT2D eigenvalue weighted by Gasteiger charge is 1.93. The summed E-state index contributed by atoms with van der Waals surface area (Å²) in [6.45, 7) is 2.33. The molecule has 0 fully saturated rings. The molecule has 0 aliphatic heterocycles. The lowest BCUT2D eigenvalue weighted by Gasteiger charge is -1.96. The van der Waals surface area contributed by atoms with Gasteiger partial charge in [0.2, 0.25) is 0 Å². The van der Waals surface area contributed by atoms with Crippen LogP contribution < -0.4 is 0 Å². The number of rotatable bonds is 3. The Bertz CT molecular complexity index is 91.0. The van der Waals surface area contributed by atoms with E-state index in [4.69, 9.17) is 30.3 Å². The summed E-state index contributed by atoms with van der Waals surface area (Å²) in [5.74, 6) is 0. The molecule has 80 valence electrons. The van der Waals surface area contributed by atoms with Crippen molar-refractivity contribution < 1.29 is 30.3 Å². The minimum absolute atomic E-state index is 0.0833. The lowest BCUT2D eigenvalue weighted by atomic mass is 10.4. The van der Waals surface area contributed by atoms with Crippen LogP contribution in [0.3, 0.4) is 0 Å². The van der Waals surface area contributed by atoms with E-state index in [1.54, 1.807) is 0 Å². The van der Waals surface area contributed by atoms with Gasteiger partial charge >= 0.3 is 0 Å². The maximum absolute atomic E-state index is 8.36. The normalized spacial score (nSPS) is 7.46. The van der Waals surface area contributed by atoms with Gasteiger partial charge in [0, 0.05) is 0 Å². The van der Waals surface area contributed by atoms with Crippen molar-refractivity contribution in [2.24, 2.45) is 0 Å². The zero-order chi connectivity index (χ0) is 11.1. The number of carbonyl (C=O) groups is 1. The number of carboxylic acid groups (broad SMARTS) is 1. The zero-order valence-electron chi connectivity index (χ0n) is 7.20. The molecule has 0 radical (unpaired) electrons. The maximum atomic E-state index is 8.36. The molecule has 0 spiro atoms. The first-order valence-electron chi connectivity index (χ1n) is 3.33. The van der Waals surface area contributed by atoms with E-state index in [1.165, 1.54) is 6.08 Å². The monoisotopic (exact) mass is 196 g/mol. The molecule has 0 aromatic heterocycles. The van der Waals surface area contributed by atoms with Crippen molar-refractivity contribution in [3.8, 4) is 0 Å². The van der Waals surface area contributed by atoms with E-state index in [1.807, 2.05) is 0 Å². The van der Waals surface area contributed by atoms with E-state index in [-0.39, 0.29) is 26.3 Å². The van der Waals surface area contributed by atoms with Gasteiger partial charge in [-0.15, -0.1) is 6.58 Å². The van der Waals surface area contributed by atoms with Gasteiger partial charge in [0.15, 0.2) is 0 Å². The summed E-state index contributed by atoms with van der Waals surface area (Å²) >= 11 is 0. The van der Waals surface area contributed by atoms with E-state index in [0.717, 1.165) is 0 Å². The van der Waals surface area contributed by atoms with Gasteiger partial charge in [-0.3, -0.25) is 4.79 Å². The SMILES string of the molecule is C=CCO.O=CO.OCC(O)CO. The molecular formula is C7H16O6. The van der Waals surface area contributed by atoms with Crippen molar-refractivity contribution >= 4 is 6.47 Å². The lowest BCUT2D eigenvalue weighted by Crippen LogP contribution is -2.15. The summed E-state index contributed by atoms with van der Waals surface area (Å²) in [7, 11) is 0. The second-order valence-electron chi connectivity index (χ2n) is 1.60. The number of aliphatic hydroxyl groups is 4. The Balaban J connectivity index is -0.000000125. The van der Waals surface area contributed by atoms with Crippen LogP contribution in [0.1, 0.15) is 0 Å². The van der Waals surface area contributed by atoms with E-state index >= 15 is 0 Å². The van der Waals surface area contributed by atoms with Crippen molar-refractivity contribution in [3.05, 3.63) is 12.7 Å². The van der Waals surface area contributed by atoms with Crippen molar-refractivity contribution in [2.75, 3.05) is 19.8 Å². The fraction of sp³-hybridized carbons (Fsp3) is 0.571. The van der Waals surface area contributed by atoms with Gasteiger partial charge in [-0.05, 0) is 0 Å². The van der Waals surface area contributed by atoms with E-state index in [9.17, 15) is 0 Å². The molecule has 0 heterocycles. The highest BCUT2D eigenvalue weighted by molar-refractivity contribution is 5.32. The van der Waals surface area contributed by atoms with E-state index in [0.29, 0.717) is 0 Å². The molecule has 0 aromatic rings. The molecule has 0 rings (SSSR count). The molecule has 0 bridgehead atoms. The second-order valence-corrected chi connectivity index (χ2v) is 1.60. The first-order chi connectivity index (χ1) is 6.14. The fourth-order valence-electron chi connectivity index (χ4n) is 0.0577. The van der Waals surface area contributed by atoms with Gasteiger partial charge < -0.3 is 25.5 Å². The third-order valence-electron chi connectivity index (χ3n) is 0.551. The van der Waals surface area contributed by atoms with E-state index < -0.39 is 6.10 Å². The minimum Gasteiger partial charge on any atom is -0.483 e. The molecule has 6 heteroatoms. The summed E-state index contributed by atoms with van der Waals surface area (Å²) in [6.07, 6.45) is 0.477. The van der Waals surface area contributed by atoms with Crippen LogP contribution in [-0.4, -0.2) is 57.9 Å². The lowest BCUT2D eigenvalue weighted by molar-refractivity contribution is -0.122. The van der Waals surface area contributed by atoms with Crippen LogP contribution in [0.2, 0.25) is 0 Å². The third kappa shape index (κ3) is 55.2. The molecule has 5 N–H and O–H groups in total. The fourth-order valence-corrected chi connectivity index (χ4v) is 0.0577. The molecule has 0 unspecified atom stereocenters.